The van der Waals surface area contributed by atoms with Crippen LogP contribution in [0.5, 0.6) is 0 Å². The van der Waals surface area contributed by atoms with Crippen molar-refractivity contribution >= 4 is 0 Å². The third-order valence-electron chi connectivity index (χ3n) is 3.36. The topological polar surface area (TPSA) is 18.5 Å². The zero-order valence-corrected chi connectivity index (χ0v) is 10.8. The molecular weight excluding hydrogens is 224 g/mol. The second kappa shape index (κ2) is 4.38. The highest BCUT2D eigenvalue weighted by molar-refractivity contribution is 5.32. The molecule has 2 aliphatic rings. The molecule has 0 N–H and O–H groups in total. The van der Waals surface area contributed by atoms with E-state index in [0.717, 1.165) is 6.42 Å². The van der Waals surface area contributed by atoms with Crippen LogP contribution in [0, 0.1) is 0 Å². The number of ether oxygens (including phenoxy) is 2. The molecule has 1 saturated heterocycles. The maximum Gasteiger partial charge on any atom is 0.164 e. The van der Waals surface area contributed by atoms with Crippen LogP contribution in [-0.4, -0.2) is 18.0 Å². The molecule has 1 aromatic rings. The first-order valence-electron chi connectivity index (χ1n) is 6.41. The molecule has 0 radical (unpaired) electrons. The molecule has 0 saturated carbocycles. The highest BCUT2D eigenvalue weighted by Crippen LogP contribution is 2.35. The number of allylic oxidation sites excluding steroid dienone is 2. The molecule has 1 aliphatic heterocycles. The monoisotopic (exact) mass is 242 g/mol. The molecule has 94 valence electrons. The Morgan fingerprint density at radius 1 is 1.11 bits per heavy atom. The molecule has 0 aromatic heterocycles. The van der Waals surface area contributed by atoms with Gasteiger partial charge in [0, 0.05) is 0 Å². The molecule has 1 fully saturated rings. The predicted octanol–water partition coefficient (Wildman–Crippen LogP) is 3.25. The van der Waals surface area contributed by atoms with Crippen LogP contribution in [0.3, 0.4) is 0 Å². The zero-order valence-electron chi connectivity index (χ0n) is 10.8. The molecule has 2 heteroatoms. The summed E-state index contributed by atoms with van der Waals surface area (Å²) in [5.74, 6) is -0.486. The molecule has 18 heavy (non-hydrogen) atoms. The van der Waals surface area contributed by atoms with Crippen molar-refractivity contribution in [1.29, 1.82) is 0 Å². The minimum Gasteiger partial charge on any atom is -0.340 e. The molecule has 1 aromatic carbocycles. The average molecular weight is 242 g/mol. The highest BCUT2D eigenvalue weighted by atomic mass is 16.7. The minimum atomic E-state index is -0.486. The first-order valence-corrected chi connectivity index (χ1v) is 6.41. The average Bonchev–Trinajstić information content (AvgIpc) is 2.66. The van der Waals surface area contributed by atoms with E-state index in [9.17, 15) is 0 Å². The summed E-state index contributed by atoms with van der Waals surface area (Å²) >= 11 is 0. The van der Waals surface area contributed by atoms with Crippen molar-refractivity contribution in [3.05, 3.63) is 59.7 Å². The Kier molecular flexibility index (Phi) is 2.84. The van der Waals surface area contributed by atoms with Crippen molar-refractivity contribution in [2.75, 3.05) is 0 Å². The smallest absolute Gasteiger partial charge is 0.164 e. The summed E-state index contributed by atoms with van der Waals surface area (Å²) < 4.78 is 11.9. The fourth-order valence-electron chi connectivity index (χ4n) is 2.59. The van der Waals surface area contributed by atoms with Crippen LogP contribution in [0.2, 0.25) is 0 Å². The Hall–Kier alpha value is -1.38. The van der Waals surface area contributed by atoms with Gasteiger partial charge in [0.25, 0.3) is 0 Å². The summed E-state index contributed by atoms with van der Waals surface area (Å²) in [4.78, 5) is 0. The van der Waals surface area contributed by atoms with Gasteiger partial charge in [0.05, 0.1) is 0 Å². The van der Waals surface area contributed by atoms with E-state index in [0.29, 0.717) is 0 Å². The van der Waals surface area contributed by atoms with E-state index in [-0.39, 0.29) is 12.2 Å². The Bertz CT molecular complexity index is 485. The largest absolute Gasteiger partial charge is 0.340 e. The minimum absolute atomic E-state index is 0.0590. The van der Waals surface area contributed by atoms with E-state index in [1.165, 1.54) is 11.1 Å². The second-order valence-corrected chi connectivity index (χ2v) is 5.31. The van der Waals surface area contributed by atoms with E-state index < -0.39 is 5.79 Å². The second-order valence-electron chi connectivity index (χ2n) is 5.31. The zero-order chi connectivity index (χ0) is 12.6. The Labute approximate surface area is 108 Å². The molecule has 1 heterocycles. The fourth-order valence-corrected chi connectivity index (χ4v) is 2.59. The maximum absolute atomic E-state index is 6.00. The third-order valence-corrected chi connectivity index (χ3v) is 3.36. The summed E-state index contributed by atoms with van der Waals surface area (Å²) in [5, 5.41) is 0. The van der Waals surface area contributed by atoms with Gasteiger partial charge in [0.2, 0.25) is 0 Å². The lowest BCUT2D eigenvalue weighted by Gasteiger charge is -2.21. The van der Waals surface area contributed by atoms with E-state index in [4.69, 9.17) is 9.47 Å². The van der Waals surface area contributed by atoms with Gasteiger partial charge in [-0.15, -0.1) is 0 Å². The van der Waals surface area contributed by atoms with Crippen LogP contribution in [0.1, 0.15) is 19.4 Å². The van der Waals surface area contributed by atoms with E-state index in [1.54, 1.807) is 0 Å². The van der Waals surface area contributed by atoms with E-state index >= 15 is 0 Å². The molecule has 0 amide bonds. The lowest BCUT2D eigenvalue weighted by Crippen LogP contribution is -2.26. The van der Waals surface area contributed by atoms with Gasteiger partial charge >= 0.3 is 0 Å². The van der Waals surface area contributed by atoms with Gasteiger partial charge in [0.1, 0.15) is 12.2 Å². The van der Waals surface area contributed by atoms with Crippen molar-refractivity contribution < 1.29 is 9.47 Å². The standard InChI is InChI=1S/C16H18O2/c1-16(2)17-14-10-6-9-13(15(14)18-16)11-12-7-4-3-5-8-12/h3-10,14-15H,11H2,1-2H3/t14-,15+/m0/s1. The van der Waals surface area contributed by atoms with Crippen LogP contribution in [0.25, 0.3) is 0 Å². The summed E-state index contributed by atoms with van der Waals surface area (Å²) in [5.41, 5.74) is 2.60. The maximum atomic E-state index is 6.00. The van der Waals surface area contributed by atoms with Gasteiger partial charge < -0.3 is 9.47 Å². The first-order chi connectivity index (χ1) is 8.64. The van der Waals surface area contributed by atoms with Crippen molar-refractivity contribution in [2.24, 2.45) is 0 Å². The van der Waals surface area contributed by atoms with Gasteiger partial charge in [-0.1, -0.05) is 48.6 Å². The van der Waals surface area contributed by atoms with Gasteiger partial charge in [-0.25, -0.2) is 0 Å². The first kappa shape index (κ1) is 11.7. The summed E-state index contributed by atoms with van der Waals surface area (Å²) in [7, 11) is 0. The predicted molar refractivity (Wildman–Crippen MR) is 71.2 cm³/mol. The van der Waals surface area contributed by atoms with Crippen molar-refractivity contribution in [1.82, 2.24) is 0 Å². The van der Waals surface area contributed by atoms with Crippen molar-refractivity contribution in [3.8, 4) is 0 Å². The van der Waals surface area contributed by atoms with E-state index in [1.807, 2.05) is 19.9 Å². The SMILES string of the molecule is CC1(C)O[C@H]2C=CC=C(Cc3ccccc3)[C@H]2O1. The summed E-state index contributed by atoms with van der Waals surface area (Å²) in [6.45, 7) is 3.94. The molecule has 1 aliphatic carbocycles. The number of benzene rings is 1. The molecular formula is C16H18O2. The van der Waals surface area contributed by atoms with Crippen LogP contribution >= 0.6 is 0 Å². The number of hydrogen-bond acceptors (Lipinski definition) is 2. The van der Waals surface area contributed by atoms with Gasteiger partial charge in [-0.2, -0.15) is 0 Å². The molecule has 0 spiro atoms. The lowest BCUT2D eigenvalue weighted by molar-refractivity contribution is -0.139. The number of fused-ring (bicyclic) bond motifs is 1. The summed E-state index contributed by atoms with van der Waals surface area (Å²) in [6, 6.07) is 10.5. The Balaban J connectivity index is 1.81. The number of rotatable bonds is 2. The lowest BCUT2D eigenvalue weighted by atomic mass is 9.93. The van der Waals surface area contributed by atoms with Crippen LogP contribution in [-0.2, 0) is 15.9 Å². The number of hydrogen-bond donors (Lipinski definition) is 0. The van der Waals surface area contributed by atoms with Crippen molar-refractivity contribution in [2.45, 2.75) is 38.3 Å². The normalized spacial score (nSPS) is 28.9. The van der Waals surface area contributed by atoms with Crippen molar-refractivity contribution in [3.63, 3.8) is 0 Å². The molecule has 0 unspecified atom stereocenters. The fraction of sp³-hybridized carbons (Fsp3) is 0.375. The molecule has 2 nitrogen and oxygen atoms in total. The molecule has 0 bridgehead atoms. The van der Waals surface area contributed by atoms with Crippen LogP contribution in [0.15, 0.2) is 54.1 Å². The summed E-state index contributed by atoms with van der Waals surface area (Å²) in [6.07, 6.45) is 7.34. The van der Waals surface area contributed by atoms with Gasteiger partial charge in [-0.3, -0.25) is 0 Å². The molecule has 2 atom stereocenters. The van der Waals surface area contributed by atoms with E-state index in [2.05, 4.69) is 42.5 Å². The quantitative estimate of drug-likeness (QED) is 0.792. The Morgan fingerprint density at radius 3 is 2.67 bits per heavy atom. The highest BCUT2D eigenvalue weighted by Gasteiger charge is 2.42. The third kappa shape index (κ3) is 2.26. The Morgan fingerprint density at radius 2 is 1.89 bits per heavy atom. The van der Waals surface area contributed by atoms with Crippen LogP contribution < -0.4 is 0 Å². The molecule has 3 rings (SSSR count). The van der Waals surface area contributed by atoms with Crippen LogP contribution in [0.4, 0.5) is 0 Å². The van der Waals surface area contributed by atoms with Gasteiger partial charge in [0.15, 0.2) is 5.79 Å². The van der Waals surface area contributed by atoms with Gasteiger partial charge in [-0.05, 0) is 31.4 Å².